The summed E-state index contributed by atoms with van der Waals surface area (Å²) in [6.07, 6.45) is 2.07. The highest BCUT2D eigenvalue weighted by Gasteiger charge is 2.22. The second-order valence-corrected chi connectivity index (χ2v) is 6.61. The van der Waals surface area contributed by atoms with Crippen LogP contribution in [0, 0.1) is 13.8 Å². The molecule has 25 heavy (non-hydrogen) atoms. The highest BCUT2D eigenvalue weighted by molar-refractivity contribution is 5.68. The fourth-order valence-electron chi connectivity index (χ4n) is 3.34. The van der Waals surface area contributed by atoms with Crippen LogP contribution in [0.15, 0.2) is 16.5 Å². The summed E-state index contributed by atoms with van der Waals surface area (Å²) in [6.45, 7) is 6.74. The van der Waals surface area contributed by atoms with Crippen molar-refractivity contribution in [3.8, 4) is 23.0 Å². The topological polar surface area (TPSA) is 73.8 Å². The highest BCUT2D eigenvalue weighted by atomic mass is 16.5. The Balaban J connectivity index is 1.86. The number of ether oxygens (including phenoxy) is 2. The standard InChI is InChI=1S/C19H27N3O3/c1-12-17(23-3)6-5-15(18(12)24-4)19-21-16(13(2)25-19)11-22-9-7-14(20)8-10-22/h5-6,14H,7-11,20H2,1-4H3. The van der Waals surface area contributed by atoms with Crippen molar-refractivity contribution < 1.29 is 13.9 Å². The van der Waals surface area contributed by atoms with Gasteiger partial charge in [-0.1, -0.05) is 0 Å². The first kappa shape index (κ1) is 17.8. The molecule has 0 radical (unpaired) electrons. The fourth-order valence-corrected chi connectivity index (χ4v) is 3.34. The third-order valence-corrected chi connectivity index (χ3v) is 4.91. The van der Waals surface area contributed by atoms with E-state index in [4.69, 9.17) is 24.6 Å². The van der Waals surface area contributed by atoms with Crippen molar-refractivity contribution in [1.82, 2.24) is 9.88 Å². The number of aromatic nitrogens is 1. The summed E-state index contributed by atoms with van der Waals surface area (Å²) in [5.74, 6) is 2.95. The summed E-state index contributed by atoms with van der Waals surface area (Å²) in [6, 6.07) is 4.18. The number of nitrogens with two attached hydrogens (primary N) is 1. The Morgan fingerprint density at radius 1 is 1.20 bits per heavy atom. The lowest BCUT2D eigenvalue weighted by Crippen LogP contribution is -2.39. The number of likely N-dealkylation sites (tertiary alicyclic amines) is 1. The van der Waals surface area contributed by atoms with Crippen LogP contribution in [0.5, 0.6) is 11.5 Å². The Hall–Kier alpha value is -2.05. The van der Waals surface area contributed by atoms with Gasteiger partial charge in [0.05, 0.1) is 25.5 Å². The van der Waals surface area contributed by atoms with E-state index in [1.807, 2.05) is 26.0 Å². The Morgan fingerprint density at radius 2 is 1.92 bits per heavy atom. The van der Waals surface area contributed by atoms with E-state index in [1.54, 1.807) is 14.2 Å². The summed E-state index contributed by atoms with van der Waals surface area (Å²) in [5.41, 5.74) is 8.74. The van der Waals surface area contributed by atoms with Crippen LogP contribution in [0.25, 0.3) is 11.5 Å². The predicted molar refractivity (Wildman–Crippen MR) is 97.0 cm³/mol. The zero-order valence-electron chi connectivity index (χ0n) is 15.5. The molecule has 0 spiro atoms. The van der Waals surface area contributed by atoms with Crippen LogP contribution in [-0.2, 0) is 6.54 Å². The van der Waals surface area contributed by atoms with Gasteiger partial charge in [0.15, 0.2) is 0 Å². The molecule has 3 rings (SSSR count). The molecule has 1 fully saturated rings. The van der Waals surface area contributed by atoms with Gasteiger partial charge in [-0.3, -0.25) is 4.90 Å². The number of methoxy groups -OCH3 is 2. The number of aryl methyl sites for hydroxylation is 1. The Kier molecular flexibility index (Phi) is 5.30. The molecule has 0 amide bonds. The minimum atomic E-state index is 0.330. The van der Waals surface area contributed by atoms with E-state index in [0.717, 1.165) is 66.6 Å². The van der Waals surface area contributed by atoms with Crippen LogP contribution in [0.4, 0.5) is 0 Å². The van der Waals surface area contributed by atoms with Crippen molar-refractivity contribution in [3.05, 3.63) is 29.2 Å². The minimum Gasteiger partial charge on any atom is -0.496 e. The zero-order valence-corrected chi connectivity index (χ0v) is 15.5. The number of piperidine rings is 1. The Bertz CT molecular complexity index is 734. The zero-order chi connectivity index (χ0) is 18.0. The molecule has 1 aromatic carbocycles. The van der Waals surface area contributed by atoms with Gasteiger partial charge >= 0.3 is 0 Å². The van der Waals surface area contributed by atoms with Crippen LogP contribution in [0.2, 0.25) is 0 Å². The van der Waals surface area contributed by atoms with Crippen molar-refractivity contribution in [1.29, 1.82) is 0 Å². The van der Waals surface area contributed by atoms with E-state index in [0.29, 0.717) is 11.9 Å². The maximum absolute atomic E-state index is 5.99. The second kappa shape index (κ2) is 7.45. The molecule has 136 valence electrons. The number of oxazole rings is 1. The smallest absolute Gasteiger partial charge is 0.230 e. The number of hydrogen-bond donors (Lipinski definition) is 1. The highest BCUT2D eigenvalue weighted by Crippen LogP contribution is 2.38. The average Bonchev–Trinajstić information content (AvgIpc) is 2.97. The second-order valence-electron chi connectivity index (χ2n) is 6.61. The molecule has 6 heteroatoms. The number of benzene rings is 1. The van der Waals surface area contributed by atoms with Gasteiger partial charge in [0.25, 0.3) is 0 Å². The van der Waals surface area contributed by atoms with E-state index < -0.39 is 0 Å². The summed E-state index contributed by atoms with van der Waals surface area (Å²) in [4.78, 5) is 7.12. The largest absolute Gasteiger partial charge is 0.496 e. The van der Waals surface area contributed by atoms with Gasteiger partial charge < -0.3 is 19.6 Å². The fraction of sp³-hybridized carbons (Fsp3) is 0.526. The monoisotopic (exact) mass is 345 g/mol. The summed E-state index contributed by atoms with van der Waals surface area (Å²) in [7, 11) is 3.30. The predicted octanol–water partition coefficient (Wildman–Crippen LogP) is 2.90. The van der Waals surface area contributed by atoms with Crippen molar-refractivity contribution in [2.45, 2.75) is 39.3 Å². The minimum absolute atomic E-state index is 0.330. The van der Waals surface area contributed by atoms with Crippen LogP contribution in [0.1, 0.15) is 29.9 Å². The number of rotatable bonds is 5. The Labute approximate surface area is 148 Å². The van der Waals surface area contributed by atoms with E-state index in [1.165, 1.54) is 0 Å². The molecule has 0 bridgehead atoms. The molecule has 0 unspecified atom stereocenters. The van der Waals surface area contributed by atoms with Gasteiger partial charge in [0.2, 0.25) is 5.89 Å². The van der Waals surface area contributed by atoms with Crippen molar-refractivity contribution in [3.63, 3.8) is 0 Å². The normalized spacial score (nSPS) is 16.2. The third-order valence-electron chi connectivity index (χ3n) is 4.91. The van der Waals surface area contributed by atoms with Crippen molar-refractivity contribution in [2.24, 2.45) is 5.73 Å². The lowest BCUT2D eigenvalue weighted by molar-refractivity contribution is 0.203. The molecule has 0 saturated carbocycles. The SMILES string of the molecule is COc1ccc(-c2nc(CN3CCC(N)CC3)c(C)o2)c(OC)c1C. The first-order valence-electron chi connectivity index (χ1n) is 8.69. The Morgan fingerprint density at radius 3 is 2.56 bits per heavy atom. The van der Waals surface area contributed by atoms with Gasteiger partial charge in [0.1, 0.15) is 17.3 Å². The lowest BCUT2D eigenvalue weighted by atomic mass is 10.1. The molecule has 1 aliphatic rings. The number of hydrogen-bond acceptors (Lipinski definition) is 6. The van der Waals surface area contributed by atoms with Crippen LogP contribution >= 0.6 is 0 Å². The van der Waals surface area contributed by atoms with E-state index in [9.17, 15) is 0 Å². The van der Waals surface area contributed by atoms with E-state index in [2.05, 4.69) is 4.90 Å². The molecule has 2 aromatic rings. The van der Waals surface area contributed by atoms with Gasteiger partial charge in [-0.25, -0.2) is 4.98 Å². The molecule has 2 N–H and O–H groups in total. The van der Waals surface area contributed by atoms with Crippen LogP contribution in [-0.4, -0.2) is 43.2 Å². The van der Waals surface area contributed by atoms with Crippen LogP contribution in [0.3, 0.4) is 0 Å². The van der Waals surface area contributed by atoms with Crippen molar-refractivity contribution >= 4 is 0 Å². The molecule has 2 heterocycles. The average molecular weight is 345 g/mol. The van der Waals surface area contributed by atoms with Crippen LogP contribution < -0.4 is 15.2 Å². The molecule has 1 saturated heterocycles. The molecule has 1 aliphatic heterocycles. The molecular formula is C19H27N3O3. The molecule has 6 nitrogen and oxygen atoms in total. The molecule has 0 aliphatic carbocycles. The first-order valence-corrected chi connectivity index (χ1v) is 8.69. The summed E-state index contributed by atoms with van der Waals surface area (Å²) in [5, 5.41) is 0. The quantitative estimate of drug-likeness (QED) is 0.898. The maximum atomic E-state index is 5.99. The lowest BCUT2D eigenvalue weighted by Gasteiger charge is -2.29. The molecule has 1 aromatic heterocycles. The number of nitrogens with zero attached hydrogens (tertiary/aromatic N) is 2. The van der Waals surface area contributed by atoms with E-state index >= 15 is 0 Å². The first-order chi connectivity index (χ1) is 12.0. The summed E-state index contributed by atoms with van der Waals surface area (Å²) < 4.78 is 16.9. The molecule has 0 atom stereocenters. The van der Waals surface area contributed by atoms with E-state index in [-0.39, 0.29) is 0 Å². The van der Waals surface area contributed by atoms with Gasteiger partial charge in [-0.2, -0.15) is 0 Å². The maximum Gasteiger partial charge on any atom is 0.230 e. The van der Waals surface area contributed by atoms with Gasteiger partial charge in [0, 0.05) is 31.2 Å². The third kappa shape index (κ3) is 3.65. The van der Waals surface area contributed by atoms with Gasteiger partial charge in [-0.05, 0) is 38.8 Å². The van der Waals surface area contributed by atoms with Gasteiger partial charge in [-0.15, -0.1) is 0 Å². The van der Waals surface area contributed by atoms with Crippen molar-refractivity contribution in [2.75, 3.05) is 27.3 Å². The summed E-state index contributed by atoms with van der Waals surface area (Å²) >= 11 is 0. The molecular weight excluding hydrogens is 318 g/mol.